The van der Waals surface area contributed by atoms with Gasteiger partial charge in [0.25, 0.3) is 0 Å². The van der Waals surface area contributed by atoms with Crippen LogP contribution < -0.4 is 9.47 Å². The van der Waals surface area contributed by atoms with Gasteiger partial charge in [-0.25, -0.2) is 4.79 Å². The number of hydrogen-bond donors (Lipinski definition) is 0. The van der Waals surface area contributed by atoms with Gasteiger partial charge in [0.1, 0.15) is 0 Å². The third-order valence-electron chi connectivity index (χ3n) is 3.13. The van der Waals surface area contributed by atoms with Crippen molar-refractivity contribution in [2.24, 2.45) is 0 Å². The molecule has 0 bridgehead atoms. The molecule has 5 nitrogen and oxygen atoms in total. The largest absolute Gasteiger partial charge is 0.493 e. The van der Waals surface area contributed by atoms with Crippen molar-refractivity contribution in [1.82, 2.24) is 0 Å². The van der Waals surface area contributed by atoms with Crippen LogP contribution in [-0.2, 0) is 4.74 Å². The van der Waals surface area contributed by atoms with E-state index in [1.165, 1.54) is 20.3 Å². The summed E-state index contributed by atoms with van der Waals surface area (Å²) in [7, 11) is 2.98. The van der Waals surface area contributed by atoms with Crippen molar-refractivity contribution in [3.05, 3.63) is 58.1 Å². The second-order valence-electron chi connectivity index (χ2n) is 4.55. The molecule has 0 saturated carbocycles. The molecule has 0 amide bonds. The Hall–Kier alpha value is -2.34. The highest BCUT2D eigenvalue weighted by Gasteiger charge is 2.15. The third-order valence-corrected chi connectivity index (χ3v) is 3.82. The summed E-state index contributed by atoms with van der Waals surface area (Å²) in [5, 5.41) is 0. The molecule has 0 radical (unpaired) electrons. The summed E-state index contributed by atoms with van der Waals surface area (Å²) in [5.41, 5.74) is 0.746. The first kappa shape index (κ1) is 17.0. The first-order chi connectivity index (χ1) is 11.1. The van der Waals surface area contributed by atoms with Crippen LogP contribution in [-0.4, -0.2) is 32.6 Å². The molecular weight excluding hydrogens is 364 g/mol. The molecule has 0 atom stereocenters. The van der Waals surface area contributed by atoms with Gasteiger partial charge < -0.3 is 14.2 Å². The summed E-state index contributed by atoms with van der Waals surface area (Å²) in [4.78, 5) is 24.1. The van der Waals surface area contributed by atoms with E-state index in [1.807, 2.05) is 0 Å². The monoisotopic (exact) mass is 378 g/mol. The van der Waals surface area contributed by atoms with E-state index < -0.39 is 5.97 Å². The molecule has 0 N–H and O–H groups in total. The molecule has 0 unspecified atom stereocenters. The molecule has 0 spiro atoms. The number of ether oxygens (including phenoxy) is 3. The number of esters is 1. The van der Waals surface area contributed by atoms with E-state index >= 15 is 0 Å². The topological polar surface area (TPSA) is 61.8 Å². The van der Waals surface area contributed by atoms with Crippen LogP contribution in [0.2, 0.25) is 0 Å². The molecule has 120 valence electrons. The summed E-state index contributed by atoms with van der Waals surface area (Å²) in [5.74, 6) is 0.0325. The molecule has 2 aromatic rings. The van der Waals surface area contributed by atoms with Crippen LogP contribution in [0.15, 0.2) is 46.9 Å². The van der Waals surface area contributed by atoms with Gasteiger partial charge in [0.15, 0.2) is 18.1 Å². The van der Waals surface area contributed by atoms with Gasteiger partial charge in [0, 0.05) is 10.0 Å². The van der Waals surface area contributed by atoms with Crippen LogP contribution in [0.1, 0.15) is 20.7 Å². The van der Waals surface area contributed by atoms with Gasteiger partial charge in [0.05, 0.1) is 19.8 Å². The van der Waals surface area contributed by atoms with Crippen molar-refractivity contribution >= 4 is 27.7 Å². The molecule has 23 heavy (non-hydrogen) atoms. The number of Topliss-reactive ketones (excluding diaryl/α,β-unsaturated/α-hetero) is 1. The van der Waals surface area contributed by atoms with Crippen LogP contribution in [0.3, 0.4) is 0 Å². The highest BCUT2D eigenvalue weighted by molar-refractivity contribution is 9.10. The standard InChI is InChI=1S/C17H15BrO5/c1-21-15-8-7-11(9-16(15)22-2)17(20)23-10-14(19)12-5-3-4-6-13(12)18/h3-9H,10H2,1-2H3. The number of carbonyl (C=O) groups is 2. The average molecular weight is 379 g/mol. The predicted molar refractivity (Wildman–Crippen MR) is 88.3 cm³/mol. The highest BCUT2D eigenvalue weighted by atomic mass is 79.9. The number of methoxy groups -OCH3 is 2. The number of carbonyl (C=O) groups excluding carboxylic acids is 2. The Morgan fingerprint density at radius 2 is 1.70 bits per heavy atom. The number of halogens is 1. The summed E-state index contributed by atoms with van der Waals surface area (Å²) in [6.07, 6.45) is 0. The van der Waals surface area contributed by atoms with Gasteiger partial charge in [-0.05, 0) is 24.3 Å². The van der Waals surface area contributed by atoms with Gasteiger partial charge in [-0.1, -0.05) is 34.1 Å². The van der Waals surface area contributed by atoms with Crippen LogP contribution in [0.4, 0.5) is 0 Å². The lowest BCUT2D eigenvalue weighted by Gasteiger charge is -2.09. The minimum atomic E-state index is -0.605. The summed E-state index contributed by atoms with van der Waals surface area (Å²) < 4.78 is 16.0. The lowest BCUT2D eigenvalue weighted by Crippen LogP contribution is -2.14. The maximum absolute atomic E-state index is 12.1. The highest BCUT2D eigenvalue weighted by Crippen LogP contribution is 2.27. The Bertz CT molecular complexity index is 727. The molecule has 2 aromatic carbocycles. The van der Waals surface area contributed by atoms with E-state index in [0.717, 1.165) is 0 Å². The van der Waals surface area contributed by atoms with Crippen molar-refractivity contribution < 1.29 is 23.8 Å². The number of rotatable bonds is 6. The van der Waals surface area contributed by atoms with Crippen molar-refractivity contribution in [2.45, 2.75) is 0 Å². The van der Waals surface area contributed by atoms with Gasteiger partial charge >= 0.3 is 5.97 Å². The number of hydrogen-bond acceptors (Lipinski definition) is 5. The Morgan fingerprint density at radius 1 is 1.00 bits per heavy atom. The fraction of sp³-hybridized carbons (Fsp3) is 0.176. The molecule has 0 fully saturated rings. The fourth-order valence-electron chi connectivity index (χ4n) is 1.94. The molecule has 0 saturated heterocycles. The minimum absolute atomic E-state index is 0.280. The van der Waals surface area contributed by atoms with Crippen LogP contribution >= 0.6 is 15.9 Å². The zero-order valence-electron chi connectivity index (χ0n) is 12.7. The third kappa shape index (κ3) is 4.10. The number of benzene rings is 2. The molecule has 0 heterocycles. The van der Waals surface area contributed by atoms with Gasteiger partial charge in [0.2, 0.25) is 5.78 Å². The van der Waals surface area contributed by atoms with E-state index in [0.29, 0.717) is 21.5 Å². The van der Waals surface area contributed by atoms with Crippen LogP contribution in [0.5, 0.6) is 11.5 Å². The van der Waals surface area contributed by atoms with Crippen LogP contribution in [0.25, 0.3) is 0 Å². The molecule has 0 aliphatic heterocycles. The first-order valence-electron chi connectivity index (χ1n) is 6.73. The predicted octanol–water partition coefficient (Wildman–Crippen LogP) is 3.51. The van der Waals surface area contributed by atoms with Gasteiger partial charge in [-0.3, -0.25) is 4.79 Å². The Morgan fingerprint density at radius 3 is 2.35 bits per heavy atom. The van der Waals surface area contributed by atoms with Crippen molar-refractivity contribution in [1.29, 1.82) is 0 Å². The summed E-state index contributed by atoms with van der Waals surface area (Å²) >= 11 is 3.29. The SMILES string of the molecule is COc1ccc(C(=O)OCC(=O)c2ccccc2Br)cc1OC. The van der Waals surface area contributed by atoms with Gasteiger partial charge in [-0.15, -0.1) is 0 Å². The lowest BCUT2D eigenvalue weighted by molar-refractivity contribution is 0.0474. The Balaban J connectivity index is 2.05. The lowest BCUT2D eigenvalue weighted by atomic mass is 10.1. The van der Waals surface area contributed by atoms with E-state index in [2.05, 4.69) is 15.9 Å². The molecule has 2 rings (SSSR count). The smallest absolute Gasteiger partial charge is 0.338 e. The van der Waals surface area contributed by atoms with Gasteiger partial charge in [-0.2, -0.15) is 0 Å². The average Bonchev–Trinajstić information content (AvgIpc) is 2.59. The fourth-order valence-corrected chi connectivity index (χ4v) is 2.45. The van der Waals surface area contributed by atoms with Crippen molar-refractivity contribution in [2.75, 3.05) is 20.8 Å². The normalized spacial score (nSPS) is 10.0. The van der Waals surface area contributed by atoms with E-state index in [9.17, 15) is 9.59 Å². The van der Waals surface area contributed by atoms with E-state index in [-0.39, 0.29) is 18.0 Å². The zero-order valence-corrected chi connectivity index (χ0v) is 14.3. The minimum Gasteiger partial charge on any atom is -0.493 e. The second kappa shape index (κ2) is 7.78. The summed E-state index contributed by atoms with van der Waals surface area (Å²) in [6.45, 7) is -0.338. The maximum Gasteiger partial charge on any atom is 0.338 e. The summed E-state index contributed by atoms with van der Waals surface area (Å²) in [6, 6.07) is 11.6. The van der Waals surface area contributed by atoms with E-state index in [4.69, 9.17) is 14.2 Å². The molecule has 0 aromatic heterocycles. The molecule has 0 aliphatic carbocycles. The Labute approximate surface area is 142 Å². The second-order valence-corrected chi connectivity index (χ2v) is 5.40. The van der Waals surface area contributed by atoms with Crippen LogP contribution in [0, 0.1) is 0 Å². The maximum atomic E-state index is 12.1. The first-order valence-corrected chi connectivity index (χ1v) is 7.53. The zero-order chi connectivity index (χ0) is 16.8. The van der Waals surface area contributed by atoms with Crippen molar-refractivity contribution in [3.63, 3.8) is 0 Å². The van der Waals surface area contributed by atoms with Crippen molar-refractivity contribution in [3.8, 4) is 11.5 Å². The molecule has 6 heteroatoms. The molecular formula is C17H15BrO5. The number of ketones is 1. The van der Waals surface area contributed by atoms with E-state index in [1.54, 1.807) is 36.4 Å². The quantitative estimate of drug-likeness (QED) is 0.568. The Kier molecular flexibility index (Phi) is 5.76. The molecule has 0 aliphatic rings.